The quantitative estimate of drug-likeness (QED) is 0.626. The molecule has 2 heterocycles. The van der Waals surface area contributed by atoms with E-state index in [9.17, 15) is 4.79 Å². The molecular formula is C21H29N5O. The summed E-state index contributed by atoms with van der Waals surface area (Å²) in [6.45, 7) is 14.7. The highest BCUT2D eigenvalue weighted by Crippen LogP contribution is 2.32. The molecule has 0 saturated carbocycles. The lowest BCUT2D eigenvalue weighted by Gasteiger charge is -2.25. The molecule has 0 bridgehead atoms. The van der Waals surface area contributed by atoms with Gasteiger partial charge in [0.1, 0.15) is 5.56 Å². The highest BCUT2D eigenvalue weighted by Gasteiger charge is 2.29. The van der Waals surface area contributed by atoms with E-state index in [1.165, 1.54) is 0 Å². The van der Waals surface area contributed by atoms with Crippen molar-refractivity contribution in [2.45, 2.75) is 59.4 Å². The van der Waals surface area contributed by atoms with Crippen molar-refractivity contribution in [2.75, 3.05) is 10.6 Å². The van der Waals surface area contributed by atoms with Crippen LogP contribution in [0.25, 0.3) is 5.65 Å². The van der Waals surface area contributed by atoms with E-state index in [-0.39, 0.29) is 16.9 Å². The summed E-state index contributed by atoms with van der Waals surface area (Å²) in [5.74, 6) is 0.706. The number of hydrogen-bond acceptors (Lipinski definition) is 3. The number of nitrogens with zero attached hydrogens (tertiary/aromatic N) is 2. The Bertz CT molecular complexity index is 965. The predicted molar refractivity (Wildman–Crippen MR) is 111 cm³/mol. The average Bonchev–Trinajstić information content (AvgIpc) is 3.08. The van der Waals surface area contributed by atoms with Gasteiger partial charge in [0.2, 0.25) is 0 Å². The highest BCUT2D eigenvalue weighted by molar-refractivity contribution is 6.08. The Hall–Kier alpha value is -2.76. The molecule has 1 aromatic carbocycles. The van der Waals surface area contributed by atoms with E-state index >= 15 is 0 Å². The fourth-order valence-corrected chi connectivity index (χ4v) is 2.92. The number of nitrogens with one attached hydrogen (secondary N) is 3. The number of amides is 1. The zero-order chi connectivity index (χ0) is 20.0. The molecule has 3 aromatic rings. The van der Waals surface area contributed by atoms with Crippen LogP contribution in [0.15, 0.2) is 30.5 Å². The molecule has 144 valence electrons. The van der Waals surface area contributed by atoms with Crippen LogP contribution in [0.5, 0.6) is 0 Å². The van der Waals surface area contributed by atoms with E-state index in [2.05, 4.69) is 57.3 Å². The van der Waals surface area contributed by atoms with E-state index in [0.717, 1.165) is 22.8 Å². The molecule has 3 N–H and O–H groups in total. The van der Waals surface area contributed by atoms with Crippen molar-refractivity contribution in [3.63, 3.8) is 0 Å². The standard InChI is InChI=1S/C21H29N5O/c1-13-8-10-14(11-9-13)23-19(27)15-12-22-26-17(15)24-16(20(2,3)4)18(26)25-21(5,6)7/h8-12,22,25H,1-7H3,(H,23,27). The number of imidazole rings is 1. The first-order valence-electron chi connectivity index (χ1n) is 9.22. The second-order valence-electron chi connectivity index (χ2n) is 9.10. The van der Waals surface area contributed by atoms with Gasteiger partial charge in [0.25, 0.3) is 5.91 Å². The van der Waals surface area contributed by atoms with Crippen molar-refractivity contribution in [3.05, 3.63) is 47.3 Å². The Kier molecular flexibility index (Phi) is 4.54. The number of aromatic nitrogens is 3. The maximum absolute atomic E-state index is 12.8. The molecule has 0 atom stereocenters. The normalized spacial score (nSPS) is 12.4. The first-order chi connectivity index (χ1) is 12.5. The number of aromatic amines is 1. The first-order valence-corrected chi connectivity index (χ1v) is 9.22. The molecule has 6 heteroatoms. The van der Waals surface area contributed by atoms with Crippen LogP contribution in [0, 0.1) is 6.92 Å². The number of fused-ring (bicyclic) bond motifs is 1. The summed E-state index contributed by atoms with van der Waals surface area (Å²) in [5, 5.41) is 9.65. The molecule has 2 aromatic heterocycles. The number of hydrogen-bond donors (Lipinski definition) is 3. The molecule has 0 aliphatic carbocycles. The van der Waals surface area contributed by atoms with Crippen LogP contribution in [-0.4, -0.2) is 26.0 Å². The monoisotopic (exact) mass is 367 g/mol. The third-order valence-electron chi connectivity index (χ3n) is 4.21. The van der Waals surface area contributed by atoms with Gasteiger partial charge < -0.3 is 10.6 Å². The second-order valence-corrected chi connectivity index (χ2v) is 9.10. The van der Waals surface area contributed by atoms with Crippen molar-refractivity contribution in [1.82, 2.24) is 14.6 Å². The van der Waals surface area contributed by atoms with Crippen LogP contribution >= 0.6 is 0 Å². The lowest BCUT2D eigenvalue weighted by atomic mass is 9.91. The smallest absolute Gasteiger partial charge is 0.261 e. The predicted octanol–water partition coefficient (Wildman–Crippen LogP) is 4.73. The third-order valence-corrected chi connectivity index (χ3v) is 4.21. The van der Waals surface area contributed by atoms with Crippen LogP contribution in [-0.2, 0) is 5.41 Å². The third kappa shape index (κ3) is 3.99. The van der Waals surface area contributed by atoms with Crippen molar-refractivity contribution >= 4 is 23.1 Å². The van der Waals surface area contributed by atoms with Gasteiger partial charge in [-0.3, -0.25) is 9.89 Å². The minimum Gasteiger partial charge on any atom is -0.364 e. The molecule has 0 aliphatic heterocycles. The molecule has 1 amide bonds. The average molecular weight is 367 g/mol. The molecule has 3 rings (SSSR count). The Morgan fingerprint density at radius 1 is 1.07 bits per heavy atom. The lowest BCUT2D eigenvalue weighted by molar-refractivity contribution is 0.102. The van der Waals surface area contributed by atoms with Crippen molar-refractivity contribution in [1.29, 1.82) is 0 Å². The number of carbonyl (C=O) groups excluding carboxylic acids is 1. The van der Waals surface area contributed by atoms with E-state index in [4.69, 9.17) is 4.98 Å². The van der Waals surface area contributed by atoms with Crippen molar-refractivity contribution < 1.29 is 4.79 Å². The van der Waals surface area contributed by atoms with Gasteiger partial charge in [-0.1, -0.05) is 38.5 Å². The van der Waals surface area contributed by atoms with Crippen LogP contribution in [0.2, 0.25) is 0 Å². The molecular weight excluding hydrogens is 338 g/mol. The Morgan fingerprint density at radius 2 is 1.70 bits per heavy atom. The van der Waals surface area contributed by atoms with Gasteiger partial charge in [-0.15, -0.1) is 0 Å². The number of aryl methyl sites for hydroxylation is 1. The summed E-state index contributed by atoms with van der Waals surface area (Å²) in [6.07, 6.45) is 1.70. The fourth-order valence-electron chi connectivity index (χ4n) is 2.92. The zero-order valence-electron chi connectivity index (χ0n) is 17.2. The maximum atomic E-state index is 12.8. The minimum atomic E-state index is -0.183. The summed E-state index contributed by atoms with van der Waals surface area (Å²) in [7, 11) is 0. The van der Waals surface area contributed by atoms with Gasteiger partial charge >= 0.3 is 0 Å². The summed E-state index contributed by atoms with van der Waals surface area (Å²) < 4.78 is 1.86. The van der Waals surface area contributed by atoms with Gasteiger partial charge in [-0.05, 0) is 39.8 Å². The molecule has 0 saturated heterocycles. The number of H-pyrrole nitrogens is 1. The molecule has 0 radical (unpaired) electrons. The van der Waals surface area contributed by atoms with Gasteiger partial charge in [0.15, 0.2) is 11.5 Å². The Morgan fingerprint density at radius 3 is 2.26 bits per heavy atom. The van der Waals surface area contributed by atoms with Crippen molar-refractivity contribution in [2.24, 2.45) is 0 Å². The molecule has 6 nitrogen and oxygen atoms in total. The van der Waals surface area contributed by atoms with Crippen molar-refractivity contribution in [3.8, 4) is 0 Å². The minimum absolute atomic E-state index is 0.134. The van der Waals surface area contributed by atoms with Crippen LogP contribution in [0.4, 0.5) is 11.5 Å². The van der Waals surface area contributed by atoms with E-state index in [0.29, 0.717) is 11.2 Å². The number of carbonyl (C=O) groups is 1. The number of anilines is 2. The molecule has 0 spiro atoms. The SMILES string of the molecule is Cc1ccc(NC(=O)c2c[nH]n3c(NC(C)(C)C)c(C(C)(C)C)nc23)cc1. The Labute approximate surface area is 160 Å². The second kappa shape index (κ2) is 6.44. The molecule has 0 unspecified atom stereocenters. The largest absolute Gasteiger partial charge is 0.364 e. The summed E-state index contributed by atoms with van der Waals surface area (Å²) in [4.78, 5) is 17.6. The van der Waals surface area contributed by atoms with Crippen LogP contribution < -0.4 is 10.6 Å². The number of benzene rings is 1. The molecule has 0 fully saturated rings. The van der Waals surface area contributed by atoms with Gasteiger partial charge in [-0.25, -0.2) is 9.50 Å². The van der Waals surface area contributed by atoms with Gasteiger partial charge in [-0.2, -0.15) is 0 Å². The maximum Gasteiger partial charge on any atom is 0.261 e. The van der Waals surface area contributed by atoms with E-state index in [1.54, 1.807) is 6.20 Å². The summed E-state index contributed by atoms with van der Waals surface area (Å²) >= 11 is 0. The summed E-state index contributed by atoms with van der Waals surface area (Å²) in [6, 6.07) is 7.74. The highest BCUT2D eigenvalue weighted by atomic mass is 16.1. The lowest BCUT2D eigenvalue weighted by Crippen LogP contribution is -2.29. The van der Waals surface area contributed by atoms with Gasteiger partial charge in [0.05, 0.1) is 5.69 Å². The van der Waals surface area contributed by atoms with Crippen LogP contribution in [0.3, 0.4) is 0 Å². The Balaban J connectivity index is 2.02. The van der Waals surface area contributed by atoms with E-state index < -0.39 is 0 Å². The fraction of sp³-hybridized carbons (Fsp3) is 0.429. The zero-order valence-corrected chi connectivity index (χ0v) is 17.2. The summed E-state index contributed by atoms with van der Waals surface area (Å²) in [5.41, 5.74) is 3.68. The topological polar surface area (TPSA) is 74.2 Å². The van der Waals surface area contributed by atoms with Gasteiger partial charge in [0, 0.05) is 22.8 Å². The number of rotatable bonds is 3. The van der Waals surface area contributed by atoms with Crippen LogP contribution in [0.1, 0.15) is 63.2 Å². The molecule has 27 heavy (non-hydrogen) atoms. The van der Waals surface area contributed by atoms with E-state index in [1.807, 2.05) is 35.7 Å². The molecule has 0 aliphatic rings. The first kappa shape index (κ1) is 19.0.